The van der Waals surface area contributed by atoms with Crippen LogP contribution in [0.15, 0.2) is 78.4 Å². The number of hydrogen-bond donors (Lipinski definition) is 1. The number of non-ortho nitro benzene ring substituents is 1. The molecule has 0 aliphatic rings. The van der Waals surface area contributed by atoms with E-state index in [0.29, 0.717) is 17.0 Å². The highest BCUT2D eigenvalue weighted by Crippen LogP contribution is 2.19. The van der Waals surface area contributed by atoms with Crippen molar-refractivity contribution in [2.45, 2.75) is 20.0 Å². The highest BCUT2D eigenvalue weighted by atomic mass is 16.6. The Balaban J connectivity index is 1.67. The summed E-state index contributed by atoms with van der Waals surface area (Å²) in [6.07, 6.45) is 2.40. The molecule has 32 heavy (non-hydrogen) atoms. The minimum atomic E-state index is -0.492. The van der Waals surface area contributed by atoms with Crippen molar-refractivity contribution >= 4 is 23.4 Å². The van der Waals surface area contributed by atoms with Crippen molar-refractivity contribution in [3.05, 3.63) is 105 Å². The minimum Gasteiger partial charge on any atom is -0.489 e. The fraction of sp³-hybridized carbons (Fsp3) is 0.120. The van der Waals surface area contributed by atoms with Crippen molar-refractivity contribution in [1.29, 1.82) is 5.26 Å². The van der Waals surface area contributed by atoms with E-state index in [-0.39, 0.29) is 17.9 Å². The number of anilines is 1. The lowest BCUT2D eigenvalue weighted by Gasteiger charge is -2.08. The maximum atomic E-state index is 12.5. The Kier molecular flexibility index (Phi) is 7.33. The first-order valence-corrected chi connectivity index (χ1v) is 9.96. The Hall–Kier alpha value is -4.44. The molecule has 0 saturated heterocycles. The Bertz CT molecular complexity index is 1180. The molecule has 0 heterocycles. The Morgan fingerprint density at radius 1 is 1.09 bits per heavy atom. The van der Waals surface area contributed by atoms with Crippen molar-refractivity contribution in [2.75, 3.05) is 5.32 Å². The number of ether oxygens (including phenoxy) is 1. The third kappa shape index (κ3) is 6.03. The molecule has 7 heteroatoms. The van der Waals surface area contributed by atoms with Gasteiger partial charge in [0.05, 0.1) is 4.92 Å². The molecular weight excluding hydrogens is 406 g/mol. The summed E-state index contributed by atoms with van der Waals surface area (Å²) in [7, 11) is 0. The number of benzene rings is 3. The number of rotatable bonds is 8. The molecule has 0 aromatic heterocycles. The zero-order chi connectivity index (χ0) is 22.9. The zero-order valence-corrected chi connectivity index (χ0v) is 17.4. The maximum absolute atomic E-state index is 12.5. The summed E-state index contributed by atoms with van der Waals surface area (Å²) in [4.78, 5) is 22.8. The molecule has 1 amide bonds. The summed E-state index contributed by atoms with van der Waals surface area (Å²) in [5, 5.41) is 22.9. The molecule has 0 aliphatic carbocycles. The Labute approximate surface area is 185 Å². The van der Waals surface area contributed by atoms with Crippen LogP contribution in [0, 0.1) is 21.4 Å². The molecule has 0 saturated carbocycles. The van der Waals surface area contributed by atoms with Gasteiger partial charge >= 0.3 is 0 Å². The first-order chi connectivity index (χ1) is 15.5. The van der Waals surface area contributed by atoms with Gasteiger partial charge in [-0.3, -0.25) is 14.9 Å². The third-order valence-electron chi connectivity index (χ3n) is 4.71. The quantitative estimate of drug-likeness (QED) is 0.228. The Morgan fingerprint density at radius 3 is 2.41 bits per heavy atom. The number of nitrogens with zero attached hydrogens (tertiary/aromatic N) is 2. The van der Waals surface area contributed by atoms with Crippen LogP contribution in [0.2, 0.25) is 0 Å². The summed E-state index contributed by atoms with van der Waals surface area (Å²) < 4.78 is 5.74. The third-order valence-corrected chi connectivity index (χ3v) is 4.71. The molecule has 1 N–H and O–H groups in total. The van der Waals surface area contributed by atoms with Gasteiger partial charge in [0.15, 0.2) is 0 Å². The topological polar surface area (TPSA) is 105 Å². The van der Waals surface area contributed by atoms with Crippen LogP contribution in [0.25, 0.3) is 6.08 Å². The molecule has 3 aromatic carbocycles. The van der Waals surface area contributed by atoms with Gasteiger partial charge in [-0.05, 0) is 65.6 Å². The van der Waals surface area contributed by atoms with Crippen molar-refractivity contribution in [3.63, 3.8) is 0 Å². The van der Waals surface area contributed by atoms with Gasteiger partial charge in [0, 0.05) is 17.8 Å². The number of amides is 1. The van der Waals surface area contributed by atoms with Gasteiger partial charge in [0.1, 0.15) is 24.0 Å². The lowest BCUT2D eigenvalue weighted by molar-refractivity contribution is -0.384. The van der Waals surface area contributed by atoms with Gasteiger partial charge in [-0.25, -0.2) is 0 Å². The van der Waals surface area contributed by atoms with E-state index in [2.05, 4.69) is 5.32 Å². The van der Waals surface area contributed by atoms with Crippen molar-refractivity contribution in [3.8, 4) is 11.8 Å². The second-order valence-electron chi connectivity index (χ2n) is 6.96. The Morgan fingerprint density at radius 2 is 1.78 bits per heavy atom. The smallest absolute Gasteiger partial charge is 0.269 e. The monoisotopic (exact) mass is 427 g/mol. The highest BCUT2D eigenvalue weighted by Gasteiger charge is 2.10. The van der Waals surface area contributed by atoms with Crippen molar-refractivity contribution < 1.29 is 14.5 Å². The number of nitrogens with one attached hydrogen (secondary N) is 1. The maximum Gasteiger partial charge on any atom is 0.269 e. The molecule has 0 fully saturated rings. The highest BCUT2D eigenvalue weighted by molar-refractivity contribution is 6.09. The van der Waals surface area contributed by atoms with E-state index in [0.717, 1.165) is 17.5 Å². The lowest BCUT2D eigenvalue weighted by atomic mass is 10.1. The summed E-state index contributed by atoms with van der Waals surface area (Å²) in [5.74, 6) is 0.0545. The SMILES string of the molecule is CCc1ccc(NC(=O)/C(C#N)=C\c2cccc(OCc3ccc([N+](=O)[O-])cc3)c2)cc1. The summed E-state index contributed by atoms with van der Waals surface area (Å²) in [6.45, 7) is 2.28. The number of nitriles is 1. The number of carbonyl (C=O) groups excluding carboxylic acids is 1. The fourth-order valence-corrected chi connectivity index (χ4v) is 2.91. The summed E-state index contributed by atoms with van der Waals surface area (Å²) >= 11 is 0. The van der Waals surface area contributed by atoms with Gasteiger partial charge in [0.2, 0.25) is 0 Å². The van der Waals surface area contributed by atoms with E-state index in [1.807, 2.05) is 25.1 Å². The number of nitro benzene ring substituents is 1. The first-order valence-electron chi connectivity index (χ1n) is 9.96. The van der Waals surface area contributed by atoms with Gasteiger partial charge in [-0.15, -0.1) is 0 Å². The van der Waals surface area contributed by atoms with Gasteiger partial charge < -0.3 is 10.1 Å². The van der Waals surface area contributed by atoms with Crippen LogP contribution in [0.5, 0.6) is 5.75 Å². The predicted molar refractivity (Wildman–Crippen MR) is 122 cm³/mol. The van der Waals surface area contributed by atoms with Crippen LogP contribution in [-0.4, -0.2) is 10.8 Å². The molecule has 160 valence electrons. The molecule has 0 aliphatic heterocycles. The molecule has 7 nitrogen and oxygen atoms in total. The summed E-state index contributed by atoms with van der Waals surface area (Å²) in [6, 6.07) is 22.5. The number of nitro groups is 1. The zero-order valence-electron chi connectivity index (χ0n) is 17.4. The first kappa shape index (κ1) is 22.2. The van der Waals surface area contributed by atoms with E-state index in [1.165, 1.54) is 18.2 Å². The molecule has 0 unspecified atom stereocenters. The second kappa shape index (κ2) is 10.5. The van der Waals surface area contributed by atoms with E-state index >= 15 is 0 Å². The lowest BCUT2D eigenvalue weighted by Crippen LogP contribution is -2.13. The average molecular weight is 427 g/mol. The average Bonchev–Trinajstić information content (AvgIpc) is 2.82. The number of carbonyl (C=O) groups is 1. The van der Waals surface area contributed by atoms with E-state index in [9.17, 15) is 20.2 Å². The van der Waals surface area contributed by atoms with Gasteiger partial charge in [-0.1, -0.05) is 31.2 Å². The van der Waals surface area contributed by atoms with Crippen molar-refractivity contribution in [2.24, 2.45) is 0 Å². The second-order valence-corrected chi connectivity index (χ2v) is 6.96. The van der Waals surface area contributed by atoms with Gasteiger partial charge in [0.25, 0.3) is 11.6 Å². The fourth-order valence-electron chi connectivity index (χ4n) is 2.91. The molecule has 0 atom stereocenters. The summed E-state index contributed by atoms with van der Waals surface area (Å²) in [5.41, 5.74) is 3.18. The van der Waals surface area contributed by atoms with Gasteiger partial charge in [-0.2, -0.15) is 5.26 Å². The minimum absolute atomic E-state index is 0.0181. The van der Waals surface area contributed by atoms with E-state index in [1.54, 1.807) is 48.5 Å². The van der Waals surface area contributed by atoms with E-state index < -0.39 is 10.8 Å². The molecule has 0 radical (unpaired) electrons. The largest absolute Gasteiger partial charge is 0.489 e. The number of aryl methyl sites for hydroxylation is 1. The van der Waals surface area contributed by atoms with Crippen LogP contribution in [0.4, 0.5) is 11.4 Å². The van der Waals surface area contributed by atoms with Crippen LogP contribution in [-0.2, 0) is 17.8 Å². The molecular formula is C25H21N3O4. The molecule has 3 aromatic rings. The van der Waals surface area contributed by atoms with Crippen molar-refractivity contribution in [1.82, 2.24) is 0 Å². The standard InChI is InChI=1S/C25H21N3O4/c1-2-18-6-10-22(11-7-18)27-25(29)21(16-26)14-20-4-3-5-24(15-20)32-17-19-8-12-23(13-9-19)28(30)31/h3-15H,2,17H2,1H3,(H,27,29)/b21-14-. The van der Waals surface area contributed by atoms with Crippen LogP contribution >= 0.6 is 0 Å². The number of hydrogen-bond acceptors (Lipinski definition) is 5. The van der Waals surface area contributed by atoms with Crippen LogP contribution in [0.1, 0.15) is 23.6 Å². The van der Waals surface area contributed by atoms with Crippen LogP contribution < -0.4 is 10.1 Å². The molecule has 3 rings (SSSR count). The molecule has 0 spiro atoms. The normalized spacial score (nSPS) is 10.8. The van der Waals surface area contributed by atoms with Crippen LogP contribution in [0.3, 0.4) is 0 Å². The molecule has 0 bridgehead atoms. The van der Waals surface area contributed by atoms with E-state index in [4.69, 9.17) is 4.74 Å². The predicted octanol–water partition coefficient (Wildman–Crippen LogP) is 5.28.